The van der Waals surface area contributed by atoms with Gasteiger partial charge in [0.2, 0.25) is 11.8 Å². The lowest BCUT2D eigenvalue weighted by Gasteiger charge is -2.09. The molecule has 0 spiro atoms. The van der Waals surface area contributed by atoms with Crippen LogP contribution in [-0.4, -0.2) is 39.6 Å². The van der Waals surface area contributed by atoms with Gasteiger partial charge in [-0.15, -0.1) is 11.3 Å². The first-order valence-corrected chi connectivity index (χ1v) is 13.6. The number of amides is 2. The normalized spacial score (nSPS) is 10.5. The quantitative estimate of drug-likeness (QED) is 0.179. The average molecular weight is 601 g/mol. The van der Waals surface area contributed by atoms with E-state index in [-0.39, 0.29) is 44.0 Å². The number of H-pyrrole nitrogens is 1. The Kier molecular flexibility index (Phi) is 8.88. The molecule has 0 saturated carbocycles. The predicted molar refractivity (Wildman–Crippen MR) is 153 cm³/mol. The van der Waals surface area contributed by atoms with Crippen molar-refractivity contribution >= 4 is 68.9 Å². The van der Waals surface area contributed by atoms with E-state index in [9.17, 15) is 19.6 Å². The molecule has 0 fully saturated rings. The van der Waals surface area contributed by atoms with E-state index in [2.05, 4.69) is 25.6 Å². The van der Waals surface area contributed by atoms with Crippen LogP contribution in [0.2, 0.25) is 10.0 Å². The molecule has 0 atom stereocenters. The Labute approximate surface area is 240 Å². The lowest BCUT2D eigenvalue weighted by atomic mass is 10.1. The van der Waals surface area contributed by atoms with Crippen molar-refractivity contribution in [3.8, 4) is 34.3 Å². The second-order valence-electron chi connectivity index (χ2n) is 7.81. The van der Waals surface area contributed by atoms with Gasteiger partial charge < -0.3 is 20.4 Å². The van der Waals surface area contributed by atoms with Gasteiger partial charge in [-0.2, -0.15) is 5.26 Å². The smallest absolute Gasteiger partial charge is 0.270 e. The highest BCUT2D eigenvalue weighted by Crippen LogP contribution is 2.36. The van der Waals surface area contributed by atoms with Crippen molar-refractivity contribution in [1.82, 2.24) is 15.0 Å². The third-order valence-corrected chi connectivity index (χ3v) is 7.31. The molecule has 10 nitrogen and oxygen atoms in total. The van der Waals surface area contributed by atoms with Crippen molar-refractivity contribution in [1.29, 1.82) is 5.26 Å². The third-order valence-electron chi connectivity index (χ3n) is 5.08. The largest absolute Gasteiger partial charge is 0.497 e. The molecule has 0 unspecified atom stereocenters. The Morgan fingerprint density at radius 1 is 1.15 bits per heavy atom. The Hall–Kier alpha value is -3.89. The van der Waals surface area contributed by atoms with Gasteiger partial charge in [0.05, 0.1) is 40.0 Å². The van der Waals surface area contributed by atoms with Crippen molar-refractivity contribution in [2.45, 2.75) is 12.1 Å². The second kappa shape index (κ2) is 12.3. The number of ether oxygens (including phenoxy) is 1. The first-order chi connectivity index (χ1) is 18.7. The van der Waals surface area contributed by atoms with Crippen LogP contribution in [0, 0.1) is 11.3 Å². The molecular formula is C25H18Cl2N6O4S2. The standard InChI is InChI=1S/C25H18Cl2N6O4S2/c1-12(34)29-22-17(26)7-14(8-18(22)27)19-10-38-24(30-19)31-20(35)11-39-25-32-21(16(9-28)23(36)33-25)13-4-3-5-15(6-13)37-2/h3-8,10H,11H2,1-2H3,(H,29,34)(H,30,31,35)(H,32,33,36). The SMILES string of the molecule is COc1cccc(-c2nc(SCC(=O)Nc3nc(-c4cc(Cl)c(NC(C)=O)c(Cl)c4)cs3)[nH]c(=O)c2C#N)c1. The van der Waals surface area contributed by atoms with E-state index in [1.54, 1.807) is 41.8 Å². The Morgan fingerprint density at radius 2 is 1.90 bits per heavy atom. The molecule has 2 amide bonds. The maximum absolute atomic E-state index is 12.6. The van der Waals surface area contributed by atoms with Gasteiger partial charge in [-0.3, -0.25) is 14.4 Å². The van der Waals surface area contributed by atoms with Crippen molar-refractivity contribution in [2.75, 3.05) is 23.5 Å². The van der Waals surface area contributed by atoms with Crippen LogP contribution in [0.25, 0.3) is 22.5 Å². The molecule has 0 aliphatic rings. The fraction of sp³-hybridized carbons (Fsp3) is 0.120. The molecule has 0 saturated heterocycles. The van der Waals surface area contributed by atoms with Crippen LogP contribution in [-0.2, 0) is 9.59 Å². The molecule has 3 N–H and O–H groups in total. The second-order valence-corrected chi connectivity index (χ2v) is 10.4. The van der Waals surface area contributed by atoms with E-state index in [4.69, 9.17) is 27.9 Å². The zero-order valence-corrected chi connectivity index (χ0v) is 23.4. The number of nitrogens with zero attached hydrogens (tertiary/aromatic N) is 3. The summed E-state index contributed by atoms with van der Waals surface area (Å²) in [6, 6.07) is 11.9. The summed E-state index contributed by atoms with van der Waals surface area (Å²) in [5, 5.41) is 17.5. The summed E-state index contributed by atoms with van der Waals surface area (Å²) in [5.41, 5.74) is 1.41. The van der Waals surface area contributed by atoms with Crippen LogP contribution in [0.5, 0.6) is 5.75 Å². The lowest BCUT2D eigenvalue weighted by Crippen LogP contribution is -2.17. The number of aromatic amines is 1. The van der Waals surface area contributed by atoms with Gasteiger partial charge in [0, 0.05) is 23.4 Å². The molecule has 0 aliphatic carbocycles. The minimum absolute atomic E-state index is 0.0790. The van der Waals surface area contributed by atoms with Crippen LogP contribution in [0.1, 0.15) is 12.5 Å². The van der Waals surface area contributed by atoms with Crippen molar-refractivity contribution in [2.24, 2.45) is 0 Å². The van der Waals surface area contributed by atoms with E-state index in [0.717, 1.165) is 11.8 Å². The average Bonchev–Trinajstić information content (AvgIpc) is 3.37. The topological polar surface area (TPSA) is 150 Å². The zero-order valence-electron chi connectivity index (χ0n) is 20.3. The number of benzene rings is 2. The van der Waals surface area contributed by atoms with Gasteiger partial charge in [-0.25, -0.2) is 9.97 Å². The first kappa shape index (κ1) is 28.1. The molecule has 198 valence electrons. The minimum atomic E-state index is -0.611. The van der Waals surface area contributed by atoms with E-state index in [1.165, 1.54) is 25.4 Å². The number of methoxy groups -OCH3 is 1. The molecule has 14 heteroatoms. The molecule has 2 aromatic heterocycles. The first-order valence-electron chi connectivity index (χ1n) is 11.0. The van der Waals surface area contributed by atoms with Gasteiger partial charge in [0.1, 0.15) is 17.4 Å². The minimum Gasteiger partial charge on any atom is -0.497 e. The summed E-state index contributed by atoms with van der Waals surface area (Å²) >= 11 is 14.7. The van der Waals surface area contributed by atoms with Crippen LogP contribution in [0.4, 0.5) is 10.8 Å². The van der Waals surface area contributed by atoms with Crippen LogP contribution < -0.4 is 20.9 Å². The molecular weight excluding hydrogens is 583 g/mol. The summed E-state index contributed by atoms with van der Waals surface area (Å²) in [6.45, 7) is 1.35. The van der Waals surface area contributed by atoms with Gasteiger partial charge in [-0.05, 0) is 24.3 Å². The Morgan fingerprint density at radius 3 is 2.56 bits per heavy atom. The van der Waals surface area contributed by atoms with Crippen LogP contribution >= 0.6 is 46.3 Å². The predicted octanol–water partition coefficient (Wildman–Crippen LogP) is 5.44. The van der Waals surface area contributed by atoms with Gasteiger partial charge in [0.25, 0.3) is 5.56 Å². The third kappa shape index (κ3) is 6.76. The molecule has 4 rings (SSSR count). The van der Waals surface area contributed by atoms with Gasteiger partial charge in [-0.1, -0.05) is 47.1 Å². The van der Waals surface area contributed by atoms with Gasteiger partial charge >= 0.3 is 0 Å². The molecule has 0 bridgehead atoms. The number of thioether (sulfide) groups is 1. The maximum Gasteiger partial charge on any atom is 0.270 e. The Bertz CT molecular complexity index is 1660. The number of hydrogen-bond acceptors (Lipinski definition) is 9. The summed E-state index contributed by atoms with van der Waals surface area (Å²) in [4.78, 5) is 47.8. The van der Waals surface area contributed by atoms with E-state index >= 15 is 0 Å². The molecule has 4 aromatic rings. The zero-order chi connectivity index (χ0) is 28.1. The number of hydrogen-bond donors (Lipinski definition) is 3. The summed E-state index contributed by atoms with van der Waals surface area (Å²) in [6.07, 6.45) is 0. The number of carbonyl (C=O) groups is 2. The van der Waals surface area contributed by atoms with Crippen molar-refractivity contribution in [3.63, 3.8) is 0 Å². The number of nitriles is 1. The summed E-state index contributed by atoms with van der Waals surface area (Å²) in [5.74, 6) is -0.222. The van der Waals surface area contributed by atoms with Crippen LogP contribution in [0.15, 0.2) is 51.7 Å². The highest BCUT2D eigenvalue weighted by molar-refractivity contribution is 7.99. The highest BCUT2D eigenvalue weighted by Gasteiger charge is 2.17. The molecule has 39 heavy (non-hydrogen) atoms. The Balaban J connectivity index is 1.46. The number of aromatic nitrogens is 3. The maximum atomic E-state index is 12.6. The van der Waals surface area contributed by atoms with E-state index < -0.39 is 5.56 Å². The van der Waals surface area contributed by atoms with E-state index in [0.29, 0.717) is 33.4 Å². The highest BCUT2D eigenvalue weighted by atomic mass is 35.5. The molecule has 2 aromatic carbocycles. The monoisotopic (exact) mass is 600 g/mol. The number of rotatable bonds is 8. The van der Waals surface area contributed by atoms with Crippen molar-refractivity contribution in [3.05, 3.63) is 67.7 Å². The van der Waals surface area contributed by atoms with Crippen molar-refractivity contribution < 1.29 is 14.3 Å². The fourth-order valence-corrected chi connectivity index (χ4v) is 5.35. The van der Waals surface area contributed by atoms with Gasteiger partial charge in [0.15, 0.2) is 10.3 Å². The number of nitrogens with one attached hydrogen (secondary N) is 3. The van der Waals surface area contributed by atoms with E-state index in [1.807, 2.05) is 6.07 Å². The molecule has 2 heterocycles. The number of anilines is 2. The van der Waals surface area contributed by atoms with Crippen LogP contribution in [0.3, 0.4) is 0 Å². The summed E-state index contributed by atoms with van der Waals surface area (Å²) in [7, 11) is 1.51. The molecule has 0 aliphatic heterocycles. The lowest BCUT2D eigenvalue weighted by molar-refractivity contribution is -0.114. The number of carbonyl (C=O) groups excluding carboxylic acids is 2. The molecule has 0 radical (unpaired) electrons. The summed E-state index contributed by atoms with van der Waals surface area (Å²) < 4.78 is 5.22. The number of thiazole rings is 1. The fourth-order valence-electron chi connectivity index (χ4n) is 3.37. The number of halogens is 2.